The normalized spacial score (nSPS) is 30.0. The second-order valence-electron chi connectivity index (χ2n) is 5.80. The highest BCUT2D eigenvalue weighted by atomic mass is 16.5. The molecule has 2 aliphatic heterocycles. The molecule has 0 aromatic carbocycles. The topological polar surface area (TPSA) is 57.4 Å². The molecule has 2 fully saturated rings. The van der Waals surface area contributed by atoms with Crippen LogP contribution >= 0.6 is 0 Å². The molecule has 2 atom stereocenters. The zero-order valence-corrected chi connectivity index (χ0v) is 11.8. The van der Waals surface area contributed by atoms with Gasteiger partial charge in [-0.1, -0.05) is 5.16 Å². The highest BCUT2D eigenvalue weighted by Crippen LogP contribution is 2.21. The summed E-state index contributed by atoms with van der Waals surface area (Å²) in [6, 6.07) is 0.758. The van der Waals surface area contributed by atoms with E-state index < -0.39 is 0 Å². The van der Waals surface area contributed by atoms with E-state index in [1.165, 1.54) is 6.42 Å². The number of hydrogen-bond acceptors (Lipinski definition) is 6. The fourth-order valence-corrected chi connectivity index (χ4v) is 2.92. The van der Waals surface area contributed by atoms with Crippen LogP contribution in [0, 0.1) is 0 Å². The Morgan fingerprint density at radius 1 is 1.37 bits per heavy atom. The Morgan fingerprint density at radius 3 is 3.05 bits per heavy atom. The van der Waals surface area contributed by atoms with Gasteiger partial charge < -0.3 is 19.6 Å². The van der Waals surface area contributed by atoms with Crippen LogP contribution < -0.4 is 5.32 Å². The maximum absolute atomic E-state index is 5.40. The first kappa shape index (κ1) is 13.0. The number of piperazine rings is 1. The first-order chi connectivity index (χ1) is 9.22. The van der Waals surface area contributed by atoms with Crippen molar-refractivity contribution in [1.82, 2.24) is 25.3 Å². The number of nitrogens with zero attached hydrogens (tertiary/aromatic N) is 4. The summed E-state index contributed by atoms with van der Waals surface area (Å²) in [7, 11) is 4.35. The van der Waals surface area contributed by atoms with Crippen molar-refractivity contribution in [1.29, 1.82) is 0 Å². The van der Waals surface area contributed by atoms with Crippen molar-refractivity contribution in [2.45, 2.75) is 31.3 Å². The summed E-state index contributed by atoms with van der Waals surface area (Å²) in [6.07, 6.45) is 3.17. The SMILES string of the molecule is CN1CCN(C)C(Cc2noc([C@H]3CCCN3)n2)C1. The summed E-state index contributed by atoms with van der Waals surface area (Å²) >= 11 is 0. The van der Waals surface area contributed by atoms with Gasteiger partial charge in [-0.05, 0) is 33.5 Å². The maximum Gasteiger partial charge on any atom is 0.243 e. The van der Waals surface area contributed by atoms with Crippen LogP contribution in [0.25, 0.3) is 0 Å². The van der Waals surface area contributed by atoms with Crippen LogP contribution in [0.5, 0.6) is 0 Å². The molecule has 0 radical (unpaired) electrons. The molecule has 1 N–H and O–H groups in total. The smallest absolute Gasteiger partial charge is 0.243 e. The van der Waals surface area contributed by atoms with E-state index in [2.05, 4.69) is 39.4 Å². The zero-order valence-electron chi connectivity index (χ0n) is 11.8. The zero-order chi connectivity index (χ0) is 13.2. The van der Waals surface area contributed by atoms with E-state index in [0.717, 1.165) is 50.7 Å². The van der Waals surface area contributed by atoms with Crippen molar-refractivity contribution in [3.63, 3.8) is 0 Å². The summed E-state index contributed by atoms with van der Waals surface area (Å²) < 4.78 is 5.40. The highest BCUT2D eigenvalue weighted by Gasteiger charge is 2.26. The Kier molecular flexibility index (Phi) is 3.81. The van der Waals surface area contributed by atoms with E-state index >= 15 is 0 Å². The minimum atomic E-state index is 0.271. The Balaban J connectivity index is 1.62. The van der Waals surface area contributed by atoms with Crippen molar-refractivity contribution in [3.8, 4) is 0 Å². The fourth-order valence-electron chi connectivity index (χ4n) is 2.92. The van der Waals surface area contributed by atoms with Crippen LogP contribution in [-0.2, 0) is 6.42 Å². The molecule has 19 heavy (non-hydrogen) atoms. The molecule has 1 aromatic heterocycles. The fraction of sp³-hybridized carbons (Fsp3) is 0.846. The Bertz CT molecular complexity index is 415. The average molecular weight is 265 g/mol. The van der Waals surface area contributed by atoms with Crippen LogP contribution in [0.4, 0.5) is 0 Å². The standard InChI is InChI=1S/C13H23N5O/c1-17-6-7-18(2)10(9-17)8-12-15-13(19-16-12)11-4-3-5-14-11/h10-11,14H,3-9H2,1-2H3/t10?,11-/m1/s1. The van der Waals surface area contributed by atoms with E-state index in [1.54, 1.807) is 0 Å². The number of hydrogen-bond donors (Lipinski definition) is 1. The molecule has 0 saturated carbocycles. The van der Waals surface area contributed by atoms with E-state index in [1.807, 2.05) is 0 Å². The van der Waals surface area contributed by atoms with Gasteiger partial charge >= 0.3 is 0 Å². The minimum absolute atomic E-state index is 0.271. The largest absolute Gasteiger partial charge is 0.338 e. The average Bonchev–Trinajstić information content (AvgIpc) is 3.04. The van der Waals surface area contributed by atoms with E-state index in [9.17, 15) is 0 Å². The van der Waals surface area contributed by atoms with Gasteiger partial charge in [-0.15, -0.1) is 0 Å². The van der Waals surface area contributed by atoms with E-state index in [0.29, 0.717) is 6.04 Å². The van der Waals surface area contributed by atoms with Gasteiger partial charge in [-0.3, -0.25) is 0 Å². The summed E-state index contributed by atoms with van der Waals surface area (Å²) in [5, 5.41) is 7.53. The predicted molar refractivity (Wildman–Crippen MR) is 71.9 cm³/mol. The van der Waals surface area contributed by atoms with Gasteiger partial charge in [0.25, 0.3) is 0 Å². The lowest BCUT2D eigenvalue weighted by molar-refractivity contribution is 0.113. The van der Waals surface area contributed by atoms with Crippen LogP contribution in [0.1, 0.15) is 30.6 Å². The van der Waals surface area contributed by atoms with E-state index in [-0.39, 0.29) is 6.04 Å². The molecule has 2 saturated heterocycles. The van der Waals surface area contributed by atoms with Crippen LogP contribution in [0.3, 0.4) is 0 Å². The lowest BCUT2D eigenvalue weighted by atomic mass is 10.1. The predicted octanol–water partition coefficient (Wildman–Crippen LogP) is 0.282. The summed E-state index contributed by atoms with van der Waals surface area (Å²) in [6.45, 7) is 4.37. The van der Waals surface area contributed by atoms with Crippen molar-refractivity contribution in [3.05, 3.63) is 11.7 Å². The van der Waals surface area contributed by atoms with Gasteiger partial charge in [-0.2, -0.15) is 4.98 Å². The van der Waals surface area contributed by atoms with Crippen LogP contribution in [0.2, 0.25) is 0 Å². The second kappa shape index (κ2) is 5.56. The summed E-state index contributed by atoms with van der Waals surface area (Å²) in [4.78, 5) is 9.32. The van der Waals surface area contributed by atoms with E-state index in [4.69, 9.17) is 4.52 Å². The van der Waals surface area contributed by atoms with Gasteiger partial charge in [0, 0.05) is 32.1 Å². The van der Waals surface area contributed by atoms with Gasteiger partial charge in [-0.25, -0.2) is 0 Å². The molecular formula is C13H23N5O. The maximum atomic E-state index is 5.40. The van der Waals surface area contributed by atoms with Crippen LogP contribution in [0.15, 0.2) is 4.52 Å². The molecule has 0 amide bonds. The Labute approximate surface area is 114 Å². The third-order valence-corrected chi connectivity index (χ3v) is 4.24. The molecule has 3 heterocycles. The lowest BCUT2D eigenvalue weighted by Crippen LogP contribution is -2.50. The molecule has 0 bridgehead atoms. The molecule has 0 spiro atoms. The Hall–Kier alpha value is -0.980. The first-order valence-electron chi connectivity index (χ1n) is 7.17. The van der Waals surface area contributed by atoms with Gasteiger partial charge in [0.05, 0.1) is 6.04 Å². The molecular weight excluding hydrogens is 242 g/mol. The Morgan fingerprint density at radius 2 is 2.26 bits per heavy atom. The van der Waals surface area contributed by atoms with Crippen molar-refractivity contribution in [2.75, 3.05) is 40.3 Å². The van der Waals surface area contributed by atoms with Crippen molar-refractivity contribution in [2.24, 2.45) is 0 Å². The third kappa shape index (κ3) is 2.96. The molecule has 3 rings (SSSR count). The molecule has 2 aliphatic rings. The molecule has 1 unspecified atom stereocenters. The molecule has 1 aromatic rings. The van der Waals surface area contributed by atoms with Gasteiger partial charge in [0.15, 0.2) is 5.82 Å². The van der Waals surface area contributed by atoms with Crippen molar-refractivity contribution >= 4 is 0 Å². The lowest BCUT2D eigenvalue weighted by Gasteiger charge is -2.37. The monoisotopic (exact) mass is 265 g/mol. The molecule has 6 heteroatoms. The molecule has 106 valence electrons. The van der Waals surface area contributed by atoms with Gasteiger partial charge in [0.2, 0.25) is 5.89 Å². The van der Waals surface area contributed by atoms with Crippen molar-refractivity contribution < 1.29 is 4.52 Å². The first-order valence-corrected chi connectivity index (χ1v) is 7.17. The molecule has 6 nitrogen and oxygen atoms in total. The quantitative estimate of drug-likeness (QED) is 0.847. The number of rotatable bonds is 3. The summed E-state index contributed by atoms with van der Waals surface area (Å²) in [5.41, 5.74) is 0. The summed E-state index contributed by atoms with van der Waals surface area (Å²) in [5.74, 6) is 1.61. The second-order valence-corrected chi connectivity index (χ2v) is 5.80. The molecule has 0 aliphatic carbocycles. The number of nitrogens with one attached hydrogen (secondary N) is 1. The number of likely N-dealkylation sites (N-methyl/N-ethyl adjacent to an activating group) is 2. The number of aromatic nitrogens is 2. The minimum Gasteiger partial charge on any atom is -0.338 e. The third-order valence-electron chi connectivity index (χ3n) is 4.24. The highest BCUT2D eigenvalue weighted by molar-refractivity contribution is 4.98. The van der Waals surface area contributed by atoms with Gasteiger partial charge in [0.1, 0.15) is 0 Å². The van der Waals surface area contributed by atoms with Crippen LogP contribution in [-0.4, -0.2) is 66.3 Å².